The highest BCUT2D eigenvalue weighted by Crippen LogP contribution is 2.14. The fraction of sp³-hybridized carbons (Fsp3) is 1.00. The highest BCUT2D eigenvalue weighted by molar-refractivity contribution is 7.80. The fourth-order valence-electron chi connectivity index (χ4n) is 3.59. The van der Waals surface area contributed by atoms with E-state index >= 15 is 0 Å². The largest absolute Gasteiger partial charge is 1.00 e. The van der Waals surface area contributed by atoms with Gasteiger partial charge in [0.25, 0.3) is 0 Å². The smallest absolute Gasteiger partial charge is 0.397 e. The minimum atomic E-state index is -4.31. The molecule has 0 amide bonds. The Balaban J connectivity index is 0. The van der Waals surface area contributed by atoms with Crippen LogP contribution in [0.5, 0.6) is 0 Å². The Morgan fingerprint density at radius 2 is 1.00 bits per heavy atom. The molecule has 0 rings (SSSR count). The van der Waals surface area contributed by atoms with Crippen molar-refractivity contribution in [2.24, 2.45) is 0 Å². The number of halogens is 1. The highest BCUT2D eigenvalue weighted by Gasteiger charge is 2.16. The Bertz CT molecular complexity index is 444. The molecule has 178 valence electrons. The number of hydrogen-bond donors (Lipinski definition) is 1. The van der Waals surface area contributed by atoms with E-state index in [1.807, 2.05) is 0 Å². The lowest BCUT2D eigenvalue weighted by molar-refractivity contribution is -0.890. The first-order valence-corrected chi connectivity index (χ1v) is 13.1. The van der Waals surface area contributed by atoms with Crippen LogP contribution in [0.1, 0.15) is 110 Å². The third-order valence-electron chi connectivity index (χ3n) is 5.55. The summed E-state index contributed by atoms with van der Waals surface area (Å²) in [6.45, 7) is 3.90. The second-order valence-electron chi connectivity index (χ2n) is 8.94. The monoisotopic (exact) mass is 457 g/mol. The zero-order chi connectivity index (χ0) is 21.1. The summed E-state index contributed by atoms with van der Waals surface area (Å²) in [5.41, 5.74) is 0. The molecule has 0 aliphatic rings. The van der Waals surface area contributed by atoms with Crippen molar-refractivity contribution in [1.82, 2.24) is 0 Å². The minimum Gasteiger partial charge on any atom is -1.00 e. The van der Waals surface area contributed by atoms with Crippen LogP contribution in [0.3, 0.4) is 0 Å². The van der Waals surface area contributed by atoms with Crippen molar-refractivity contribution in [2.75, 3.05) is 33.8 Å². The van der Waals surface area contributed by atoms with Crippen molar-refractivity contribution >= 4 is 10.4 Å². The standard InChI is InChI=1S/C22H47NO4S.ClH/c1-4-5-6-7-8-9-10-11-12-13-14-15-16-17-18-19-20-23(2,3)21-22-27-28(24,25)26;/h4-22H2,1-3H3;1H. The molecule has 0 spiro atoms. The number of hydrogen-bond acceptors (Lipinski definition) is 3. The molecule has 0 unspecified atom stereocenters. The molecule has 0 aliphatic heterocycles. The minimum absolute atomic E-state index is 0. The molecule has 0 saturated carbocycles. The molecule has 0 aromatic rings. The summed E-state index contributed by atoms with van der Waals surface area (Å²) in [6.07, 6.45) is 21.9. The predicted octanol–water partition coefficient (Wildman–Crippen LogP) is 3.15. The number of rotatable bonds is 21. The van der Waals surface area contributed by atoms with Gasteiger partial charge in [-0.15, -0.1) is 0 Å². The summed E-state index contributed by atoms with van der Waals surface area (Å²) in [7, 11) is -0.172. The van der Waals surface area contributed by atoms with Gasteiger partial charge >= 0.3 is 10.4 Å². The Labute approximate surface area is 187 Å². The molecule has 0 radical (unpaired) electrons. The zero-order valence-corrected chi connectivity index (χ0v) is 20.9. The van der Waals surface area contributed by atoms with Gasteiger partial charge in [0.1, 0.15) is 13.2 Å². The van der Waals surface area contributed by atoms with E-state index in [9.17, 15) is 8.42 Å². The van der Waals surface area contributed by atoms with Crippen molar-refractivity contribution < 1.29 is 34.0 Å². The van der Waals surface area contributed by atoms with E-state index in [-0.39, 0.29) is 19.0 Å². The Kier molecular flexibility index (Phi) is 21.6. The quantitative estimate of drug-likeness (QED) is 0.163. The van der Waals surface area contributed by atoms with Crippen LogP contribution in [0.15, 0.2) is 0 Å². The molecular formula is C22H48ClNO4S. The van der Waals surface area contributed by atoms with Gasteiger partial charge in [0, 0.05) is 0 Å². The first-order valence-electron chi connectivity index (χ1n) is 11.7. The summed E-state index contributed by atoms with van der Waals surface area (Å²) >= 11 is 0. The zero-order valence-electron chi connectivity index (χ0n) is 19.3. The molecule has 0 heterocycles. The molecule has 0 fully saturated rings. The molecule has 0 aliphatic carbocycles. The predicted molar refractivity (Wildman–Crippen MR) is 119 cm³/mol. The van der Waals surface area contributed by atoms with E-state index in [2.05, 4.69) is 25.2 Å². The number of nitrogens with zero attached hydrogens (tertiary/aromatic N) is 1. The van der Waals surface area contributed by atoms with E-state index in [1.165, 1.54) is 96.3 Å². The summed E-state index contributed by atoms with van der Waals surface area (Å²) in [5.74, 6) is 0. The number of likely N-dealkylation sites (N-methyl/N-ethyl adjacent to an activating group) is 1. The van der Waals surface area contributed by atoms with Gasteiger partial charge in [0.2, 0.25) is 0 Å². The first kappa shape index (κ1) is 31.3. The molecule has 1 N–H and O–H groups in total. The average Bonchev–Trinajstić information content (AvgIpc) is 2.60. The van der Waals surface area contributed by atoms with E-state index in [0.29, 0.717) is 11.0 Å². The molecule has 0 atom stereocenters. The van der Waals surface area contributed by atoms with Crippen molar-refractivity contribution in [1.29, 1.82) is 0 Å². The summed E-state index contributed by atoms with van der Waals surface area (Å²) in [6, 6.07) is 0. The second-order valence-corrected chi connectivity index (χ2v) is 10.0. The van der Waals surface area contributed by atoms with E-state index in [1.54, 1.807) is 0 Å². The van der Waals surface area contributed by atoms with Gasteiger partial charge in [-0.3, -0.25) is 4.55 Å². The molecule has 5 nitrogen and oxygen atoms in total. The van der Waals surface area contributed by atoms with E-state index in [0.717, 1.165) is 13.0 Å². The lowest BCUT2D eigenvalue weighted by atomic mass is 10.0. The lowest BCUT2D eigenvalue weighted by Gasteiger charge is -2.29. The fourth-order valence-corrected chi connectivity index (χ4v) is 3.87. The van der Waals surface area contributed by atoms with E-state index < -0.39 is 10.4 Å². The van der Waals surface area contributed by atoms with Crippen molar-refractivity contribution in [3.8, 4) is 0 Å². The number of unbranched alkanes of at least 4 members (excludes halogenated alkanes) is 15. The van der Waals surface area contributed by atoms with Crippen LogP contribution < -0.4 is 12.4 Å². The SMILES string of the molecule is CCCCCCCCCCCCCCCCCC[N+](C)(C)CCOS(=O)(=O)O.[Cl-]. The van der Waals surface area contributed by atoms with Crippen molar-refractivity contribution in [3.63, 3.8) is 0 Å². The number of quaternary nitrogens is 1. The maximum Gasteiger partial charge on any atom is 0.397 e. The second kappa shape index (κ2) is 20.0. The van der Waals surface area contributed by atoms with Crippen LogP contribution in [-0.4, -0.2) is 51.2 Å². The molecule has 0 bridgehead atoms. The van der Waals surface area contributed by atoms with Crippen LogP contribution in [0.25, 0.3) is 0 Å². The molecular weight excluding hydrogens is 410 g/mol. The Hall–Kier alpha value is 0.120. The third kappa shape index (κ3) is 26.1. The van der Waals surface area contributed by atoms with Gasteiger partial charge in [-0.1, -0.05) is 96.8 Å². The van der Waals surface area contributed by atoms with Crippen LogP contribution >= 0.6 is 0 Å². The maximum absolute atomic E-state index is 10.6. The third-order valence-corrected chi connectivity index (χ3v) is 6.01. The topological polar surface area (TPSA) is 63.6 Å². The van der Waals surface area contributed by atoms with Gasteiger partial charge in [0.05, 0.1) is 20.6 Å². The lowest BCUT2D eigenvalue weighted by Crippen LogP contribution is -3.00. The van der Waals surface area contributed by atoms with E-state index in [4.69, 9.17) is 4.55 Å². The maximum atomic E-state index is 10.6. The van der Waals surface area contributed by atoms with Crippen LogP contribution in [-0.2, 0) is 14.6 Å². The normalized spacial score (nSPS) is 12.1. The summed E-state index contributed by atoms with van der Waals surface area (Å²) in [5, 5.41) is 0. The molecule has 7 heteroatoms. The molecule has 29 heavy (non-hydrogen) atoms. The van der Waals surface area contributed by atoms with Crippen LogP contribution in [0.2, 0.25) is 0 Å². The van der Waals surface area contributed by atoms with Gasteiger partial charge in [0.15, 0.2) is 0 Å². The van der Waals surface area contributed by atoms with Crippen molar-refractivity contribution in [3.05, 3.63) is 0 Å². The van der Waals surface area contributed by atoms with Crippen LogP contribution in [0.4, 0.5) is 0 Å². The van der Waals surface area contributed by atoms with Gasteiger partial charge in [-0.25, -0.2) is 4.18 Å². The molecule has 0 saturated heterocycles. The summed E-state index contributed by atoms with van der Waals surface area (Å²) < 4.78 is 34.8. The van der Waals surface area contributed by atoms with Gasteiger partial charge in [-0.2, -0.15) is 8.42 Å². The van der Waals surface area contributed by atoms with Crippen molar-refractivity contribution in [2.45, 2.75) is 110 Å². The summed E-state index contributed by atoms with van der Waals surface area (Å²) in [4.78, 5) is 0. The average molecular weight is 458 g/mol. The van der Waals surface area contributed by atoms with Crippen LogP contribution in [0, 0.1) is 0 Å². The first-order chi connectivity index (χ1) is 13.3. The van der Waals surface area contributed by atoms with Gasteiger partial charge < -0.3 is 16.9 Å². The molecule has 0 aromatic heterocycles. The Morgan fingerprint density at radius 1 is 0.655 bits per heavy atom. The highest BCUT2D eigenvalue weighted by atomic mass is 35.5. The molecule has 0 aromatic carbocycles. The Morgan fingerprint density at radius 3 is 1.34 bits per heavy atom. The van der Waals surface area contributed by atoms with Gasteiger partial charge in [-0.05, 0) is 12.8 Å².